The second-order valence-electron chi connectivity index (χ2n) is 7.99. The Kier molecular flexibility index (Phi) is 4.14. The lowest BCUT2D eigenvalue weighted by Gasteiger charge is -2.35. The Labute approximate surface area is 163 Å². The quantitative estimate of drug-likeness (QED) is 0.552. The van der Waals surface area contributed by atoms with Gasteiger partial charge in [0.2, 0.25) is 23.7 Å². The van der Waals surface area contributed by atoms with Crippen molar-refractivity contribution in [1.82, 2.24) is 19.8 Å². The summed E-state index contributed by atoms with van der Waals surface area (Å²) in [6.07, 6.45) is 8.71. The van der Waals surface area contributed by atoms with E-state index in [4.69, 9.17) is 0 Å². The van der Waals surface area contributed by atoms with E-state index in [-0.39, 0.29) is 54.4 Å². The summed E-state index contributed by atoms with van der Waals surface area (Å²) in [5.41, 5.74) is 0. The van der Waals surface area contributed by atoms with E-state index in [1.54, 1.807) is 23.4 Å². The molecule has 2 aliphatic carbocycles. The van der Waals surface area contributed by atoms with Crippen LogP contribution in [0.2, 0.25) is 0 Å². The molecule has 3 heterocycles. The summed E-state index contributed by atoms with van der Waals surface area (Å²) in [6, 6.07) is 1.78. The second-order valence-corrected chi connectivity index (χ2v) is 7.99. The van der Waals surface area contributed by atoms with Crippen molar-refractivity contribution < 1.29 is 14.4 Å². The number of hydrogen-bond donors (Lipinski definition) is 0. The number of amides is 3. The Hall–Kier alpha value is -2.77. The molecule has 0 spiro atoms. The first-order chi connectivity index (χ1) is 13.6. The molecule has 8 nitrogen and oxygen atoms in total. The van der Waals surface area contributed by atoms with E-state index in [2.05, 4.69) is 27.0 Å². The zero-order chi connectivity index (χ0) is 19.3. The minimum absolute atomic E-state index is 0.00705. The molecule has 3 fully saturated rings. The number of carbonyl (C=O) groups excluding carboxylic acids is 3. The number of aromatic nitrogens is 2. The van der Waals surface area contributed by atoms with Crippen molar-refractivity contribution in [3.8, 4) is 0 Å². The van der Waals surface area contributed by atoms with Crippen LogP contribution in [-0.2, 0) is 14.4 Å². The molecule has 8 heteroatoms. The van der Waals surface area contributed by atoms with E-state index in [1.165, 1.54) is 4.90 Å². The predicted molar refractivity (Wildman–Crippen MR) is 99.9 cm³/mol. The average molecular weight is 381 g/mol. The molecule has 1 aromatic heterocycles. The third-order valence-electron chi connectivity index (χ3n) is 6.58. The maximum absolute atomic E-state index is 12.7. The molecule has 28 heavy (non-hydrogen) atoms. The van der Waals surface area contributed by atoms with Gasteiger partial charge in [-0.2, -0.15) is 0 Å². The molecule has 4 atom stereocenters. The van der Waals surface area contributed by atoms with Gasteiger partial charge >= 0.3 is 0 Å². The van der Waals surface area contributed by atoms with Gasteiger partial charge in [0, 0.05) is 51.5 Å². The molecule has 2 aliphatic heterocycles. The first kappa shape index (κ1) is 17.3. The summed E-state index contributed by atoms with van der Waals surface area (Å²) in [4.78, 5) is 51.7. The highest BCUT2D eigenvalue weighted by Crippen LogP contribution is 2.52. The Balaban J connectivity index is 1.15. The number of rotatable bonds is 4. The highest BCUT2D eigenvalue weighted by molar-refractivity contribution is 6.06. The largest absolute Gasteiger partial charge is 0.339 e. The van der Waals surface area contributed by atoms with Crippen LogP contribution >= 0.6 is 0 Å². The van der Waals surface area contributed by atoms with Gasteiger partial charge < -0.3 is 9.80 Å². The van der Waals surface area contributed by atoms with Crippen molar-refractivity contribution in [3.63, 3.8) is 0 Å². The molecule has 0 N–H and O–H groups in total. The van der Waals surface area contributed by atoms with Gasteiger partial charge in [0.15, 0.2) is 0 Å². The predicted octanol–water partition coefficient (Wildman–Crippen LogP) is 0.322. The van der Waals surface area contributed by atoms with E-state index >= 15 is 0 Å². The first-order valence-corrected chi connectivity index (χ1v) is 9.97. The fourth-order valence-electron chi connectivity index (χ4n) is 5.16. The molecule has 0 radical (unpaired) electrons. The molecule has 5 rings (SSSR count). The maximum atomic E-state index is 12.7. The SMILES string of the molecule is O=C(CCN1C(=O)C2C3C=CC(C3)C2C1=O)N1CCN(c2ncccn2)CC1. The monoisotopic (exact) mass is 381 g/mol. The lowest BCUT2D eigenvalue weighted by Crippen LogP contribution is -2.50. The number of anilines is 1. The maximum Gasteiger partial charge on any atom is 0.233 e. The third kappa shape index (κ3) is 2.70. The molecule has 4 aliphatic rings. The summed E-state index contributed by atoms with van der Waals surface area (Å²) in [5.74, 6) is 0.557. The van der Waals surface area contributed by atoms with Crippen molar-refractivity contribution in [1.29, 1.82) is 0 Å². The van der Waals surface area contributed by atoms with E-state index in [0.717, 1.165) is 6.42 Å². The molecule has 1 saturated carbocycles. The minimum atomic E-state index is -0.188. The van der Waals surface area contributed by atoms with Gasteiger partial charge in [0.1, 0.15) is 0 Å². The van der Waals surface area contributed by atoms with Crippen LogP contribution in [0.5, 0.6) is 0 Å². The van der Waals surface area contributed by atoms with Crippen LogP contribution < -0.4 is 4.90 Å². The Morgan fingerprint density at radius 3 is 2.18 bits per heavy atom. The number of nitrogens with zero attached hydrogens (tertiary/aromatic N) is 5. The van der Waals surface area contributed by atoms with Crippen LogP contribution in [0.25, 0.3) is 0 Å². The number of fused-ring (bicyclic) bond motifs is 5. The van der Waals surface area contributed by atoms with E-state index < -0.39 is 0 Å². The standard InChI is InChI=1S/C20H23N5O3/c26-15(23-8-10-24(11-9-23)20-21-5-1-6-22-20)4-7-25-18(27)16-13-2-3-14(12-13)17(16)19(25)28/h1-3,5-6,13-14,16-17H,4,7-12H2. The number of hydrogen-bond acceptors (Lipinski definition) is 6. The molecule has 1 aromatic rings. The fourth-order valence-corrected chi connectivity index (χ4v) is 5.16. The fraction of sp³-hybridized carbons (Fsp3) is 0.550. The van der Waals surface area contributed by atoms with Crippen LogP contribution in [0, 0.1) is 23.7 Å². The van der Waals surface area contributed by atoms with Gasteiger partial charge in [0.25, 0.3) is 0 Å². The number of imide groups is 1. The number of likely N-dealkylation sites (tertiary alicyclic amines) is 1. The van der Waals surface area contributed by atoms with Crippen molar-refractivity contribution in [2.24, 2.45) is 23.7 Å². The third-order valence-corrected chi connectivity index (χ3v) is 6.58. The van der Waals surface area contributed by atoms with Crippen molar-refractivity contribution in [3.05, 3.63) is 30.6 Å². The minimum Gasteiger partial charge on any atom is -0.339 e. The van der Waals surface area contributed by atoms with Crippen LogP contribution in [0.3, 0.4) is 0 Å². The molecule has 2 saturated heterocycles. The lowest BCUT2D eigenvalue weighted by molar-refractivity contribution is -0.141. The zero-order valence-corrected chi connectivity index (χ0v) is 15.6. The lowest BCUT2D eigenvalue weighted by atomic mass is 9.85. The highest BCUT2D eigenvalue weighted by Gasteiger charge is 2.59. The van der Waals surface area contributed by atoms with Gasteiger partial charge in [-0.1, -0.05) is 12.2 Å². The van der Waals surface area contributed by atoms with Crippen LogP contribution in [0.15, 0.2) is 30.6 Å². The molecule has 146 valence electrons. The second kappa shape index (κ2) is 6.68. The number of piperazine rings is 1. The molecule has 2 bridgehead atoms. The van der Waals surface area contributed by atoms with Crippen molar-refractivity contribution in [2.45, 2.75) is 12.8 Å². The Morgan fingerprint density at radius 2 is 1.57 bits per heavy atom. The number of allylic oxidation sites excluding steroid dienone is 2. The molecule has 0 aromatic carbocycles. The van der Waals surface area contributed by atoms with E-state index in [0.29, 0.717) is 32.1 Å². The Morgan fingerprint density at radius 1 is 0.964 bits per heavy atom. The van der Waals surface area contributed by atoms with Gasteiger partial charge in [0.05, 0.1) is 11.8 Å². The molecule has 3 amide bonds. The normalized spacial score (nSPS) is 31.1. The summed E-state index contributed by atoms with van der Waals surface area (Å²) >= 11 is 0. The number of carbonyl (C=O) groups is 3. The molecular weight excluding hydrogens is 358 g/mol. The molecular formula is C20H23N5O3. The average Bonchev–Trinajstić information content (AvgIpc) is 3.41. The Bertz CT molecular complexity index is 804. The summed E-state index contributed by atoms with van der Waals surface area (Å²) in [7, 11) is 0. The first-order valence-electron chi connectivity index (χ1n) is 9.97. The van der Waals surface area contributed by atoms with E-state index in [1.807, 2.05) is 0 Å². The van der Waals surface area contributed by atoms with Gasteiger partial charge in [-0.15, -0.1) is 0 Å². The topological polar surface area (TPSA) is 86.7 Å². The van der Waals surface area contributed by atoms with Crippen LogP contribution in [-0.4, -0.2) is 70.2 Å². The van der Waals surface area contributed by atoms with E-state index in [9.17, 15) is 14.4 Å². The molecule has 4 unspecified atom stereocenters. The zero-order valence-electron chi connectivity index (χ0n) is 15.6. The smallest absolute Gasteiger partial charge is 0.233 e. The van der Waals surface area contributed by atoms with Crippen LogP contribution in [0.4, 0.5) is 5.95 Å². The van der Waals surface area contributed by atoms with Gasteiger partial charge in [-0.25, -0.2) is 9.97 Å². The van der Waals surface area contributed by atoms with Gasteiger partial charge in [-0.3, -0.25) is 19.3 Å². The van der Waals surface area contributed by atoms with Crippen molar-refractivity contribution >= 4 is 23.7 Å². The highest BCUT2D eigenvalue weighted by atomic mass is 16.2. The van der Waals surface area contributed by atoms with Crippen molar-refractivity contribution in [2.75, 3.05) is 37.6 Å². The summed E-state index contributed by atoms with van der Waals surface area (Å²) in [5, 5.41) is 0. The van der Waals surface area contributed by atoms with Crippen LogP contribution in [0.1, 0.15) is 12.8 Å². The summed E-state index contributed by atoms with van der Waals surface area (Å²) in [6.45, 7) is 2.74. The van der Waals surface area contributed by atoms with Gasteiger partial charge in [-0.05, 0) is 24.3 Å². The summed E-state index contributed by atoms with van der Waals surface area (Å²) < 4.78 is 0.